The highest BCUT2D eigenvalue weighted by Gasteiger charge is 1.96. The van der Waals surface area contributed by atoms with Gasteiger partial charge in [-0.25, -0.2) is 0 Å². The van der Waals surface area contributed by atoms with Crippen LogP contribution >= 0.6 is 0 Å². The second kappa shape index (κ2) is 6.36. The fraction of sp³-hybridized carbons (Fsp3) is 0.250. The quantitative estimate of drug-likeness (QED) is 0.446. The highest BCUT2D eigenvalue weighted by Crippen LogP contribution is 2.13. The van der Waals surface area contributed by atoms with Gasteiger partial charge in [0.05, 0.1) is 6.54 Å². The minimum Gasteiger partial charge on any atom is -0.492 e. The summed E-state index contributed by atoms with van der Waals surface area (Å²) >= 11 is 0. The van der Waals surface area contributed by atoms with Crippen LogP contribution in [0, 0.1) is 11.8 Å². The van der Waals surface area contributed by atoms with Crippen molar-refractivity contribution in [3.63, 3.8) is 0 Å². The summed E-state index contributed by atoms with van der Waals surface area (Å²) in [6, 6.07) is 7.13. The van der Waals surface area contributed by atoms with Crippen LogP contribution in [-0.4, -0.2) is 19.1 Å². The summed E-state index contributed by atoms with van der Waals surface area (Å²) < 4.78 is 5.37. The van der Waals surface area contributed by atoms with Crippen LogP contribution in [0.2, 0.25) is 0 Å². The number of hydrogen-bond donors (Lipinski definition) is 2. The molecule has 0 saturated heterocycles. The second-order valence-electron chi connectivity index (χ2n) is 3.05. The number of rotatable bonds is 4. The number of hydrogen-bond acceptors (Lipinski definition) is 3. The summed E-state index contributed by atoms with van der Waals surface area (Å²) in [5, 5.41) is 2.60. The summed E-state index contributed by atoms with van der Waals surface area (Å²) in [5.41, 5.74) is 6.23. The molecule has 1 aromatic rings. The predicted molar refractivity (Wildman–Crippen MR) is 62.8 cm³/mol. The molecule has 0 atom stereocenters. The number of ether oxygens (including phenoxy) is 1. The first-order valence-electron chi connectivity index (χ1n) is 4.91. The minimum atomic E-state index is -0.293. The van der Waals surface area contributed by atoms with Gasteiger partial charge >= 0.3 is 0 Å². The molecule has 16 heavy (non-hydrogen) atoms. The summed E-state index contributed by atoms with van der Waals surface area (Å²) in [6.45, 7) is 2.42. The van der Waals surface area contributed by atoms with Crippen molar-refractivity contribution in [1.29, 1.82) is 0 Å². The highest BCUT2D eigenvalue weighted by molar-refractivity contribution is 5.93. The number of amides is 1. The van der Waals surface area contributed by atoms with Gasteiger partial charge in [0.2, 0.25) is 0 Å². The summed E-state index contributed by atoms with van der Waals surface area (Å²) in [5.74, 6) is 5.29. The lowest BCUT2D eigenvalue weighted by Gasteiger charge is -2.06. The van der Waals surface area contributed by atoms with Gasteiger partial charge in [-0.1, -0.05) is 12.0 Å². The van der Waals surface area contributed by atoms with Crippen molar-refractivity contribution in [2.45, 2.75) is 6.92 Å². The van der Waals surface area contributed by atoms with Crippen LogP contribution in [0.1, 0.15) is 6.92 Å². The van der Waals surface area contributed by atoms with Gasteiger partial charge in [0.15, 0.2) is 0 Å². The molecule has 4 heteroatoms. The van der Waals surface area contributed by atoms with E-state index >= 15 is 0 Å². The predicted octanol–water partition coefficient (Wildman–Crippen LogP) is 0.787. The number of nitrogens with one attached hydrogen (secondary N) is 1. The van der Waals surface area contributed by atoms with Crippen LogP contribution in [0.25, 0.3) is 0 Å². The second-order valence-corrected chi connectivity index (χ2v) is 3.05. The number of carbonyl (C=O) groups excluding carboxylic acids is 1. The average Bonchev–Trinajstić information content (AvgIpc) is 2.25. The Bertz CT molecular complexity index is 419. The Morgan fingerprint density at radius 3 is 3.06 bits per heavy atom. The van der Waals surface area contributed by atoms with Crippen molar-refractivity contribution in [2.24, 2.45) is 0 Å². The van der Waals surface area contributed by atoms with Crippen molar-refractivity contribution in [3.05, 3.63) is 24.3 Å². The third kappa shape index (κ3) is 4.38. The van der Waals surface area contributed by atoms with Crippen LogP contribution in [0.5, 0.6) is 5.75 Å². The molecule has 0 aliphatic carbocycles. The molecule has 0 unspecified atom stereocenters. The van der Waals surface area contributed by atoms with Crippen LogP contribution in [0.4, 0.5) is 5.69 Å². The van der Waals surface area contributed by atoms with E-state index in [9.17, 15) is 4.79 Å². The lowest BCUT2D eigenvalue weighted by Crippen LogP contribution is -2.26. The monoisotopic (exact) mass is 218 g/mol. The molecule has 0 heterocycles. The summed E-state index contributed by atoms with van der Waals surface area (Å²) in [6.07, 6.45) is 0. The number of nitrogens with two attached hydrogens (primary N) is 1. The molecule has 1 rings (SSSR count). The van der Waals surface area contributed by atoms with E-state index in [1.54, 1.807) is 19.1 Å². The van der Waals surface area contributed by atoms with Gasteiger partial charge < -0.3 is 15.8 Å². The van der Waals surface area contributed by atoms with E-state index in [1.807, 2.05) is 12.1 Å². The van der Waals surface area contributed by atoms with Gasteiger partial charge in [0.1, 0.15) is 12.4 Å². The van der Waals surface area contributed by atoms with E-state index in [4.69, 9.17) is 10.5 Å². The third-order valence-corrected chi connectivity index (χ3v) is 1.75. The Kier molecular flexibility index (Phi) is 4.74. The molecule has 0 saturated carbocycles. The van der Waals surface area contributed by atoms with Gasteiger partial charge in [-0.05, 0) is 25.0 Å². The molecular formula is C12H14N2O2. The molecule has 1 aromatic carbocycles. The number of carbonyl (C=O) groups is 1. The molecule has 0 spiro atoms. The van der Waals surface area contributed by atoms with Gasteiger partial charge in [-0.15, -0.1) is 0 Å². The normalized spacial score (nSPS) is 8.81. The molecule has 0 radical (unpaired) electrons. The van der Waals surface area contributed by atoms with Gasteiger partial charge in [-0.2, -0.15) is 0 Å². The zero-order valence-electron chi connectivity index (χ0n) is 9.12. The number of benzene rings is 1. The summed E-state index contributed by atoms with van der Waals surface area (Å²) in [4.78, 5) is 10.9. The Balaban J connectivity index is 2.25. The Morgan fingerprint density at radius 2 is 2.38 bits per heavy atom. The summed E-state index contributed by atoms with van der Waals surface area (Å²) in [7, 11) is 0. The fourth-order valence-electron chi connectivity index (χ4n) is 1.10. The maximum absolute atomic E-state index is 10.9. The Hall–Kier alpha value is -2.15. The van der Waals surface area contributed by atoms with Crippen LogP contribution in [-0.2, 0) is 4.79 Å². The Morgan fingerprint density at radius 1 is 1.56 bits per heavy atom. The molecule has 0 bridgehead atoms. The molecule has 4 nitrogen and oxygen atoms in total. The van der Waals surface area contributed by atoms with Gasteiger partial charge in [0.25, 0.3) is 5.91 Å². The van der Waals surface area contributed by atoms with Gasteiger partial charge in [0, 0.05) is 11.8 Å². The standard InChI is InChI=1S/C12H14N2O2/c1-2-4-12(15)14-7-8-16-11-6-3-5-10(13)9-11/h3,5-6,9H,7-8,13H2,1H3,(H,14,15). The van der Waals surface area contributed by atoms with E-state index in [0.717, 1.165) is 0 Å². The SMILES string of the molecule is CC#CC(=O)NCCOc1cccc(N)c1. The topological polar surface area (TPSA) is 64.3 Å². The van der Waals surface area contributed by atoms with Crippen molar-refractivity contribution >= 4 is 11.6 Å². The van der Waals surface area contributed by atoms with E-state index in [1.165, 1.54) is 0 Å². The number of anilines is 1. The molecular weight excluding hydrogens is 204 g/mol. The van der Waals surface area contributed by atoms with E-state index in [2.05, 4.69) is 17.2 Å². The van der Waals surface area contributed by atoms with Crippen molar-refractivity contribution in [1.82, 2.24) is 5.32 Å². The van der Waals surface area contributed by atoms with Crippen molar-refractivity contribution < 1.29 is 9.53 Å². The van der Waals surface area contributed by atoms with E-state index in [-0.39, 0.29) is 5.91 Å². The minimum absolute atomic E-state index is 0.293. The molecule has 0 aliphatic heterocycles. The van der Waals surface area contributed by atoms with Crippen molar-refractivity contribution in [3.8, 4) is 17.6 Å². The Labute approximate surface area is 94.8 Å². The molecule has 0 fully saturated rings. The molecule has 1 amide bonds. The molecule has 3 N–H and O–H groups in total. The third-order valence-electron chi connectivity index (χ3n) is 1.75. The largest absolute Gasteiger partial charge is 0.492 e. The molecule has 0 aliphatic rings. The van der Waals surface area contributed by atoms with Crippen LogP contribution in [0.3, 0.4) is 0 Å². The first-order chi connectivity index (χ1) is 7.72. The van der Waals surface area contributed by atoms with E-state index < -0.39 is 0 Å². The first-order valence-corrected chi connectivity index (χ1v) is 4.91. The zero-order valence-corrected chi connectivity index (χ0v) is 9.12. The fourth-order valence-corrected chi connectivity index (χ4v) is 1.10. The maximum Gasteiger partial charge on any atom is 0.295 e. The van der Waals surface area contributed by atoms with Gasteiger partial charge in [-0.3, -0.25) is 4.79 Å². The molecule has 0 aromatic heterocycles. The zero-order chi connectivity index (χ0) is 11.8. The highest BCUT2D eigenvalue weighted by atomic mass is 16.5. The first kappa shape index (κ1) is 11.9. The smallest absolute Gasteiger partial charge is 0.295 e. The van der Waals surface area contributed by atoms with Crippen LogP contribution in [0.15, 0.2) is 24.3 Å². The van der Waals surface area contributed by atoms with Crippen molar-refractivity contribution in [2.75, 3.05) is 18.9 Å². The number of nitrogen functional groups attached to an aromatic ring is 1. The maximum atomic E-state index is 10.9. The average molecular weight is 218 g/mol. The van der Waals surface area contributed by atoms with Crippen LogP contribution < -0.4 is 15.8 Å². The molecule has 84 valence electrons. The lowest BCUT2D eigenvalue weighted by molar-refractivity contribution is -0.115. The lowest BCUT2D eigenvalue weighted by atomic mass is 10.3. The van der Waals surface area contributed by atoms with E-state index in [0.29, 0.717) is 24.6 Å².